The second-order valence-electron chi connectivity index (χ2n) is 13.4. The van der Waals surface area contributed by atoms with Crippen molar-refractivity contribution in [1.82, 2.24) is 4.90 Å². The number of unbranched alkanes of at least 4 members (excludes halogenated alkanes) is 29. The molecule has 0 N–H and O–H groups in total. The zero-order chi connectivity index (χ0) is 28.5. The van der Waals surface area contributed by atoms with E-state index in [-0.39, 0.29) is 0 Å². The van der Waals surface area contributed by atoms with Crippen molar-refractivity contribution in [3.8, 4) is 0 Å². The van der Waals surface area contributed by atoms with E-state index in [4.69, 9.17) is 0 Å². The highest BCUT2D eigenvalue weighted by atomic mass is 15.1. The first-order valence-corrected chi connectivity index (χ1v) is 18.9. The van der Waals surface area contributed by atoms with E-state index >= 15 is 0 Å². The molecule has 0 bridgehead atoms. The summed E-state index contributed by atoms with van der Waals surface area (Å²) in [6.07, 6.45) is 48.3. The molecule has 0 aliphatic heterocycles. The molecule has 0 spiro atoms. The molecule has 0 radical (unpaired) electrons. The average Bonchev–Trinajstić information content (AvgIpc) is 2.93. The number of rotatable bonds is 34. The van der Waals surface area contributed by atoms with E-state index in [1.807, 2.05) is 0 Å². The van der Waals surface area contributed by atoms with Gasteiger partial charge in [-0.2, -0.15) is 0 Å². The third-order valence-corrected chi connectivity index (χ3v) is 9.26. The fourth-order valence-electron chi connectivity index (χ4n) is 6.34. The normalized spacial score (nSPS) is 12.5. The zero-order valence-corrected chi connectivity index (χ0v) is 28.4. The van der Waals surface area contributed by atoms with Crippen molar-refractivity contribution in [3.05, 3.63) is 0 Å². The Bertz CT molecular complexity index is 417. The van der Waals surface area contributed by atoms with Gasteiger partial charge in [0.25, 0.3) is 0 Å². The second-order valence-corrected chi connectivity index (χ2v) is 13.4. The largest absolute Gasteiger partial charge is 0.306 e. The molecule has 0 aromatic carbocycles. The highest BCUT2D eigenvalue weighted by molar-refractivity contribution is 4.67. The second kappa shape index (κ2) is 34.2. The lowest BCUT2D eigenvalue weighted by Crippen LogP contribution is -2.27. The Morgan fingerprint density at radius 2 is 0.462 bits per heavy atom. The van der Waals surface area contributed by atoms with Crippen LogP contribution in [0.5, 0.6) is 0 Å². The van der Waals surface area contributed by atoms with E-state index in [2.05, 4.69) is 32.8 Å². The van der Waals surface area contributed by atoms with Gasteiger partial charge >= 0.3 is 0 Å². The van der Waals surface area contributed by atoms with Crippen molar-refractivity contribution >= 4 is 0 Å². The van der Waals surface area contributed by atoms with Crippen molar-refractivity contribution in [3.63, 3.8) is 0 Å². The zero-order valence-electron chi connectivity index (χ0n) is 28.4. The molecule has 0 aliphatic carbocycles. The molecule has 0 saturated heterocycles. The molecule has 0 saturated carbocycles. The van der Waals surface area contributed by atoms with E-state index < -0.39 is 0 Å². The molecule has 0 amide bonds. The van der Waals surface area contributed by atoms with Gasteiger partial charge in [-0.3, -0.25) is 0 Å². The van der Waals surface area contributed by atoms with Gasteiger partial charge in [-0.1, -0.05) is 213 Å². The Morgan fingerprint density at radius 1 is 0.282 bits per heavy atom. The Labute approximate surface area is 250 Å². The molecule has 1 heteroatoms. The van der Waals surface area contributed by atoms with Crippen LogP contribution in [0.4, 0.5) is 0 Å². The highest BCUT2D eigenvalue weighted by Crippen LogP contribution is 2.19. The molecule has 0 aromatic heterocycles. The van der Waals surface area contributed by atoms with Gasteiger partial charge in [0.2, 0.25) is 0 Å². The molecular weight excluding hydrogens is 470 g/mol. The Kier molecular flexibility index (Phi) is 34.1. The molecule has 0 aliphatic rings. The van der Waals surface area contributed by atoms with Gasteiger partial charge in [0.05, 0.1) is 0 Å². The fraction of sp³-hybridized carbons (Fsp3) is 1.00. The molecule has 1 unspecified atom stereocenters. The number of hydrogen-bond donors (Lipinski definition) is 0. The van der Waals surface area contributed by atoms with Gasteiger partial charge in [-0.25, -0.2) is 0 Å². The minimum absolute atomic E-state index is 0.818. The lowest BCUT2D eigenvalue weighted by molar-refractivity contribution is 0.251. The van der Waals surface area contributed by atoms with Crippen LogP contribution in [0.25, 0.3) is 0 Å². The van der Waals surface area contributed by atoms with Gasteiger partial charge in [-0.05, 0) is 26.9 Å². The molecule has 1 nitrogen and oxygen atoms in total. The summed E-state index contributed by atoms with van der Waals surface area (Å²) < 4.78 is 0. The molecule has 39 heavy (non-hydrogen) atoms. The predicted molar refractivity (Wildman–Crippen MR) is 181 cm³/mol. The fourth-order valence-corrected chi connectivity index (χ4v) is 6.34. The smallest absolute Gasteiger partial charge is 0.00891 e. The average molecular weight is 550 g/mol. The van der Waals surface area contributed by atoms with Gasteiger partial charge in [0.15, 0.2) is 0 Å². The summed E-state index contributed by atoms with van der Waals surface area (Å²) in [7, 11) is 4.62. The molecule has 0 aromatic rings. The quantitative estimate of drug-likeness (QED) is 0.0721. The van der Waals surface area contributed by atoms with Crippen molar-refractivity contribution in [2.24, 2.45) is 0 Å². The van der Waals surface area contributed by atoms with Crippen molar-refractivity contribution in [2.45, 2.75) is 232 Å². The van der Waals surface area contributed by atoms with Crippen molar-refractivity contribution < 1.29 is 0 Å². The van der Waals surface area contributed by atoms with E-state index in [1.54, 1.807) is 0 Å². The summed E-state index contributed by atoms with van der Waals surface area (Å²) in [5.41, 5.74) is 0. The van der Waals surface area contributed by atoms with Crippen LogP contribution in [-0.4, -0.2) is 25.0 Å². The van der Waals surface area contributed by atoms with Crippen LogP contribution in [-0.2, 0) is 0 Å². The van der Waals surface area contributed by atoms with Gasteiger partial charge in [0.1, 0.15) is 0 Å². The SMILES string of the molecule is CCCCCCCCCCCCCCCCCCC(CCCCCCCCCCCCCCCCC)N(C)C. The van der Waals surface area contributed by atoms with E-state index in [9.17, 15) is 0 Å². The van der Waals surface area contributed by atoms with E-state index in [1.165, 1.54) is 212 Å². The van der Waals surface area contributed by atoms with E-state index in [0.29, 0.717) is 0 Å². The minimum atomic E-state index is 0.818. The van der Waals surface area contributed by atoms with Crippen molar-refractivity contribution in [1.29, 1.82) is 0 Å². The standard InChI is InChI=1S/C38H79N/c1-5-7-9-11-13-15-17-19-21-23-25-27-29-31-33-35-37-38(39(3)4)36-34-32-30-28-26-24-22-20-18-16-14-12-10-8-6-2/h38H,5-37H2,1-4H3. The Hall–Kier alpha value is -0.0400. The maximum Gasteiger partial charge on any atom is 0.00891 e. The molecule has 0 fully saturated rings. The van der Waals surface area contributed by atoms with Gasteiger partial charge < -0.3 is 4.90 Å². The first-order chi connectivity index (χ1) is 19.2. The minimum Gasteiger partial charge on any atom is -0.306 e. The Balaban J connectivity index is 3.37. The maximum atomic E-state index is 2.51. The lowest BCUT2D eigenvalue weighted by atomic mass is 9.99. The first-order valence-electron chi connectivity index (χ1n) is 18.9. The van der Waals surface area contributed by atoms with Crippen molar-refractivity contribution in [2.75, 3.05) is 14.1 Å². The van der Waals surface area contributed by atoms with Gasteiger partial charge in [-0.15, -0.1) is 0 Å². The lowest BCUT2D eigenvalue weighted by Gasteiger charge is -2.24. The summed E-state index contributed by atoms with van der Waals surface area (Å²) >= 11 is 0. The van der Waals surface area contributed by atoms with Crippen LogP contribution in [0.1, 0.15) is 226 Å². The first kappa shape index (κ1) is 39.0. The Morgan fingerprint density at radius 3 is 0.641 bits per heavy atom. The van der Waals surface area contributed by atoms with Crippen LogP contribution in [0, 0.1) is 0 Å². The van der Waals surface area contributed by atoms with Gasteiger partial charge in [0, 0.05) is 6.04 Å². The van der Waals surface area contributed by atoms with Crippen LogP contribution in [0.3, 0.4) is 0 Å². The monoisotopic (exact) mass is 550 g/mol. The van der Waals surface area contributed by atoms with E-state index in [0.717, 1.165) is 6.04 Å². The summed E-state index contributed by atoms with van der Waals surface area (Å²) in [5.74, 6) is 0. The van der Waals surface area contributed by atoms with Crippen LogP contribution < -0.4 is 0 Å². The molecule has 236 valence electrons. The molecule has 0 heterocycles. The number of hydrogen-bond acceptors (Lipinski definition) is 1. The maximum absolute atomic E-state index is 2.51. The summed E-state index contributed by atoms with van der Waals surface area (Å²) in [5, 5.41) is 0. The molecular formula is C38H79N. The third kappa shape index (κ3) is 32.3. The highest BCUT2D eigenvalue weighted by Gasteiger charge is 2.10. The van der Waals surface area contributed by atoms with Crippen LogP contribution in [0.2, 0.25) is 0 Å². The summed E-state index contributed by atoms with van der Waals surface area (Å²) in [6, 6.07) is 0.818. The summed E-state index contributed by atoms with van der Waals surface area (Å²) in [4.78, 5) is 2.51. The number of nitrogens with zero attached hydrogens (tertiary/aromatic N) is 1. The molecule has 0 rings (SSSR count). The molecule has 1 atom stereocenters. The predicted octanol–water partition coefficient (Wildman–Crippen LogP) is 13.8. The summed E-state index contributed by atoms with van der Waals surface area (Å²) in [6.45, 7) is 4.62. The third-order valence-electron chi connectivity index (χ3n) is 9.26. The topological polar surface area (TPSA) is 3.24 Å². The van der Waals surface area contributed by atoms with Crippen LogP contribution in [0.15, 0.2) is 0 Å². The van der Waals surface area contributed by atoms with Crippen LogP contribution >= 0.6 is 0 Å².